The van der Waals surface area contributed by atoms with Crippen LogP contribution in [-0.2, 0) is 9.47 Å². The van der Waals surface area contributed by atoms with Gasteiger partial charge < -0.3 is 24.3 Å². The predicted octanol–water partition coefficient (Wildman–Crippen LogP) is 5.28. The molecule has 1 fully saturated rings. The average molecular weight is 594 g/mol. The van der Waals surface area contributed by atoms with Gasteiger partial charge in [0.2, 0.25) is 6.23 Å². The maximum atomic E-state index is 13.6. The monoisotopic (exact) mass is 593 g/mol. The predicted molar refractivity (Wildman–Crippen MR) is 155 cm³/mol. The summed E-state index contributed by atoms with van der Waals surface area (Å²) in [5.74, 6) is 0. The Hall–Kier alpha value is -4.74. The highest BCUT2D eigenvalue weighted by molar-refractivity contribution is 6.09. The number of ether oxygens (including phenoxy) is 2. The van der Waals surface area contributed by atoms with E-state index >= 15 is 0 Å². The number of para-hydroxylation sites is 1. The minimum absolute atomic E-state index is 0.118. The fraction of sp³-hybridized carbons (Fsp3) is 0.323. The number of alkyl halides is 3. The van der Waals surface area contributed by atoms with Crippen LogP contribution in [0.3, 0.4) is 0 Å². The fourth-order valence-corrected chi connectivity index (χ4v) is 5.68. The van der Waals surface area contributed by atoms with Crippen LogP contribution in [0.2, 0.25) is 0 Å². The van der Waals surface area contributed by atoms with Crippen LogP contribution in [-0.4, -0.2) is 70.9 Å². The van der Waals surface area contributed by atoms with Gasteiger partial charge in [0.1, 0.15) is 6.54 Å². The number of hydrogen-bond acceptors (Lipinski definition) is 6. The van der Waals surface area contributed by atoms with E-state index in [1.807, 2.05) is 30.3 Å². The third kappa shape index (κ3) is 6.37. The second-order valence-corrected chi connectivity index (χ2v) is 10.6. The van der Waals surface area contributed by atoms with Crippen molar-refractivity contribution in [3.05, 3.63) is 101 Å². The van der Waals surface area contributed by atoms with Gasteiger partial charge in [-0.3, -0.25) is 4.57 Å². The third-order valence-corrected chi connectivity index (χ3v) is 7.70. The first-order valence-electron chi connectivity index (χ1n) is 14.0. The molecule has 3 aromatic rings. The number of aromatic amines is 1. The Morgan fingerprint density at radius 1 is 1.05 bits per heavy atom. The number of halogens is 3. The van der Waals surface area contributed by atoms with Crippen molar-refractivity contribution in [3.8, 4) is 11.3 Å². The number of imidazole rings is 1. The van der Waals surface area contributed by atoms with Crippen LogP contribution in [0.5, 0.6) is 0 Å². The van der Waals surface area contributed by atoms with E-state index in [0.717, 1.165) is 10.5 Å². The molecular weight excluding hydrogens is 563 g/mol. The highest BCUT2D eigenvalue weighted by Gasteiger charge is 2.37. The number of carbonyl (C=O) groups excluding carboxylic acids is 1. The SMILES string of the molecule is O=C(O[C@@H]1CN(CC(F)(F)F)c2ccccc2C(C2C=CC=CO2)=N1)N1CCC(n2cc(-c3ccccc3)[nH]c2=O)CC1. The first kappa shape index (κ1) is 28.4. The van der Waals surface area contributed by atoms with Crippen LogP contribution in [0.25, 0.3) is 11.3 Å². The number of nitrogens with one attached hydrogen (secondary N) is 1. The fourth-order valence-electron chi connectivity index (χ4n) is 5.68. The van der Waals surface area contributed by atoms with Crippen LogP contribution in [0.4, 0.5) is 23.7 Å². The largest absolute Gasteiger partial charge is 0.488 e. The van der Waals surface area contributed by atoms with Gasteiger partial charge in [-0.25, -0.2) is 14.6 Å². The Bertz CT molecular complexity index is 1600. The number of anilines is 1. The van der Waals surface area contributed by atoms with E-state index in [4.69, 9.17) is 9.47 Å². The van der Waals surface area contributed by atoms with Gasteiger partial charge in [-0.15, -0.1) is 0 Å². The van der Waals surface area contributed by atoms with Gasteiger partial charge in [0, 0.05) is 36.6 Å². The number of benzodiazepines with no additional fused rings is 1. The van der Waals surface area contributed by atoms with Gasteiger partial charge in [0.05, 0.1) is 24.2 Å². The molecule has 0 aliphatic carbocycles. The lowest BCUT2D eigenvalue weighted by Crippen LogP contribution is -2.44. The van der Waals surface area contributed by atoms with E-state index in [9.17, 15) is 22.8 Å². The van der Waals surface area contributed by atoms with E-state index in [2.05, 4.69) is 9.98 Å². The number of aliphatic imine (C=N–C) groups is 1. The lowest BCUT2D eigenvalue weighted by atomic mass is 10.0. The molecule has 0 bridgehead atoms. The van der Waals surface area contributed by atoms with Gasteiger partial charge in [-0.05, 0) is 36.6 Å². The molecule has 0 spiro atoms. The maximum Gasteiger partial charge on any atom is 0.411 e. The number of allylic oxidation sites excluding steroid dienone is 2. The van der Waals surface area contributed by atoms with Crippen molar-refractivity contribution >= 4 is 17.5 Å². The molecule has 4 heterocycles. The first-order valence-corrected chi connectivity index (χ1v) is 14.0. The van der Waals surface area contributed by atoms with Crippen LogP contribution in [0.1, 0.15) is 24.4 Å². The molecule has 3 aliphatic rings. The Morgan fingerprint density at radius 2 is 1.79 bits per heavy atom. The number of hydrogen-bond donors (Lipinski definition) is 1. The molecular formula is C31H30F3N5O4. The minimum Gasteiger partial charge on any atom is -0.488 e. The van der Waals surface area contributed by atoms with E-state index < -0.39 is 31.1 Å². The highest BCUT2D eigenvalue weighted by Crippen LogP contribution is 2.31. The Kier molecular flexibility index (Phi) is 7.83. The van der Waals surface area contributed by atoms with Gasteiger partial charge in [-0.1, -0.05) is 54.6 Å². The number of piperidine rings is 1. The molecule has 0 radical (unpaired) electrons. The smallest absolute Gasteiger partial charge is 0.411 e. The summed E-state index contributed by atoms with van der Waals surface area (Å²) < 4.78 is 54.0. The molecule has 1 saturated heterocycles. The number of rotatable bonds is 5. The van der Waals surface area contributed by atoms with Gasteiger partial charge >= 0.3 is 18.0 Å². The summed E-state index contributed by atoms with van der Waals surface area (Å²) in [5, 5.41) is 0. The van der Waals surface area contributed by atoms with E-state index in [0.29, 0.717) is 48.6 Å². The van der Waals surface area contributed by atoms with E-state index in [-0.39, 0.29) is 18.3 Å². The molecule has 0 saturated carbocycles. The van der Waals surface area contributed by atoms with Crippen LogP contribution in [0.15, 0.2) is 95.1 Å². The summed E-state index contributed by atoms with van der Waals surface area (Å²) >= 11 is 0. The van der Waals surface area contributed by atoms with Crippen LogP contribution >= 0.6 is 0 Å². The summed E-state index contributed by atoms with van der Waals surface area (Å²) in [6, 6.07) is 16.1. The highest BCUT2D eigenvalue weighted by atomic mass is 19.4. The number of likely N-dealkylation sites (tertiary alicyclic amines) is 1. The van der Waals surface area contributed by atoms with Gasteiger partial charge in [-0.2, -0.15) is 13.2 Å². The lowest BCUT2D eigenvalue weighted by Gasteiger charge is -2.33. The molecule has 1 N–H and O–H groups in total. The molecule has 6 rings (SSSR count). The zero-order chi connectivity index (χ0) is 30.0. The zero-order valence-corrected chi connectivity index (χ0v) is 23.1. The third-order valence-electron chi connectivity index (χ3n) is 7.70. The quantitative estimate of drug-likeness (QED) is 0.435. The number of amides is 1. The Labute approximate surface area is 245 Å². The average Bonchev–Trinajstić information content (AvgIpc) is 3.34. The number of fused-ring (bicyclic) bond motifs is 1. The lowest BCUT2D eigenvalue weighted by molar-refractivity contribution is -0.120. The molecule has 3 aliphatic heterocycles. The topological polar surface area (TPSA) is 92.2 Å². The van der Waals surface area contributed by atoms with Gasteiger partial charge in [0.15, 0.2) is 6.10 Å². The molecule has 2 atom stereocenters. The van der Waals surface area contributed by atoms with Crippen molar-refractivity contribution in [2.45, 2.75) is 37.4 Å². The summed E-state index contributed by atoms with van der Waals surface area (Å²) in [4.78, 5) is 36.2. The zero-order valence-electron chi connectivity index (χ0n) is 23.1. The van der Waals surface area contributed by atoms with Crippen LogP contribution < -0.4 is 10.6 Å². The molecule has 224 valence electrons. The number of carbonyl (C=O) groups is 1. The Morgan fingerprint density at radius 3 is 2.51 bits per heavy atom. The second kappa shape index (κ2) is 11.9. The van der Waals surface area contributed by atoms with Crippen molar-refractivity contribution in [2.24, 2.45) is 4.99 Å². The second-order valence-electron chi connectivity index (χ2n) is 10.6. The molecule has 12 heteroatoms. The molecule has 2 aromatic carbocycles. The van der Waals surface area contributed by atoms with Crippen molar-refractivity contribution in [2.75, 3.05) is 31.1 Å². The van der Waals surface area contributed by atoms with E-state index in [1.54, 1.807) is 53.3 Å². The summed E-state index contributed by atoms with van der Waals surface area (Å²) in [7, 11) is 0. The molecule has 9 nitrogen and oxygen atoms in total. The standard InChI is InChI=1S/C31H30F3N5O4/c32-31(33,34)20-38-19-27(36-28(26-12-6-7-17-42-26)23-10-4-5-11-25(23)38)43-30(41)37-15-13-22(14-16-37)39-18-24(35-29(39)40)21-8-2-1-3-9-21/h1-12,17-18,22,26-27H,13-16,19-20H2,(H,35,40)/t26?,27-/m1/s1. The number of nitrogens with zero attached hydrogens (tertiary/aromatic N) is 4. The number of H-pyrrole nitrogens is 1. The maximum absolute atomic E-state index is 13.6. The summed E-state index contributed by atoms with van der Waals surface area (Å²) in [6.45, 7) is -0.882. The minimum atomic E-state index is -4.49. The molecule has 43 heavy (non-hydrogen) atoms. The Balaban J connectivity index is 1.18. The van der Waals surface area contributed by atoms with Crippen molar-refractivity contribution < 1.29 is 27.4 Å². The van der Waals surface area contributed by atoms with Crippen LogP contribution in [0, 0.1) is 0 Å². The van der Waals surface area contributed by atoms with Crippen molar-refractivity contribution in [1.29, 1.82) is 0 Å². The van der Waals surface area contributed by atoms with E-state index in [1.165, 1.54) is 11.2 Å². The number of benzene rings is 2. The summed E-state index contributed by atoms with van der Waals surface area (Å²) in [5.41, 5.74) is 2.57. The molecule has 1 aromatic heterocycles. The van der Waals surface area contributed by atoms with Gasteiger partial charge in [0.25, 0.3) is 0 Å². The number of aromatic nitrogens is 2. The summed E-state index contributed by atoms with van der Waals surface area (Å²) in [6.07, 6.45) is 2.48. The molecule has 1 amide bonds. The van der Waals surface area contributed by atoms with Crippen molar-refractivity contribution in [3.63, 3.8) is 0 Å². The first-order chi connectivity index (χ1) is 20.7. The normalized spacial score (nSPS) is 20.7. The molecule has 1 unspecified atom stereocenters. The van der Waals surface area contributed by atoms with Crippen molar-refractivity contribution in [1.82, 2.24) is 14.5 Å².